The van der Waals surface area contributed by atoms with Crippen LogP contribution in [0.5, 0.6) is 5.75 Å². The summed E-state index contributed by atoms with van der Waals surface area (Å²) in [6, 6.07) is 23.8. The van der Waals surface area contributed by atoms with Crippen molar-refractivity contribution in [2.45, 2.75) is 24.9 Å². The van der Waals surface area contributed by atoms with E-state index in [4.69, 9.17) is 9.47 Å². The zero-order chi connectivity index (χ0) is 21.9. The molecular weight excluding hydrogens is 402 g/mol. The molecule has 0 atom stereocenters. The number of ether oxygens (including phenoxy) is 2. The maximum atomic E-state index is 12.7. The van der Waals surface area contributed by atoms with Gasteiger partial charge >= 0.3 is 6.09 Å². The normalized spacial score (nSPS) is 15.7. The predicted octanol–water partition coefficient (Wildman–Crippen LogP) is 5.29. The first-order valence-electron chi connectivity index (χ1n) is 11.0. The maximum Gasteiger partial charge on any atom is 0.409 e. The maximum absolute atomic E-state index is 12.7. The Bertz CT molecular complexity index is 1070. The van der Waals surface area contributed by atoms with Gasteiger partial charge in [-0.3, -0.25) is 4.79 Å². The summed E-state index contributed by atoms with van der Waals surface area (Å²) < 4.78 is 11.8. The largest absolute Gasteiger partial charge is 0.490 e. The van der Waals surface area contributed by atoms with Gasteiger partial charge in [-0.1, -0.05) is 48.5 Å². The lowest BCUT2D eigenvalue weighted by molar-refractivity contribution is 0.0662. The van der Waals surface area contributed by atoms with Gasteiger partial charge in [0.2, 0.25) is 0 Å². The van der Waals surface area contributed by atoms with Crippen LogP contribution in [0.15, 0.2) is 72.8 Å². The third-order valence-corrected chi connectivity index (χ3v) is 6.36. The summed E-state index contributed by atoms with van der Waals surface area (Å²) in [4.78, 5) is 25.3. The van der Waals surface area contributed by atoms with Gasteiger partial charge in [-0.25, -0.2) is 4.79 Å². The molecule has 3 aromatic rings. The minimum Gasteiger partial charge on any atom is -0.490 e. The van der Waals surface area contributed by atoms with E-state index in [1.54, 1.807) is 17.0 Å². The van der Waals surface area contributed by atoms with Crippen LogP contribution in [0.2, 0.25) is 0 Å². The number of amides is 1. The van der Waals surface area contributed by atoms with E-state index in [1.807, 2.05) is 36.4 Å². The van der Waals surface area contributed by atoms with Crippen molar-refractivity contribution in [1.29, 1.82) is 0 Å². The molecule has 0 aromatic heterocycles. The number of carbonyl (C=O) groups excluding carboxylic acids is 2. The van der Waals surface area contributed by atoms with Gasteiger partial charge in [-0.2, -0.15) is 0 Å². The second kappa shape index (κ2) is 8.87. The van der Waals surface area contributed by atoms with Crippen molar-refractivity contribution in [3.8, 4) is 16.9 Å². The van der Waals surface area contributed by atoms with Crippen LogP contribution in [-0.4, -0.2) is 43.1 Å². The van der Waals surface area contributed by atoms with Gasteiger partial charge in [0, 0.05) is 37.4 Å². The highest BCUT2D eigenvalue weighted by Crippen LogP contribution is 2.44. The van der Waals surface area contributed by atoms with Gasteiger partial charge < -0.3 is 14.4 Å². The molecule has 5 nitrogen and oxygen atoms in total. The Morgan fingerprint density at radius 1 is 0.875 bits per heavy atom. The molecule has 1 heterocycles. The van der Waals surface area contributed by atoms with Crippen LogP contribution in [0.4, 0.5) is 4.79 Å². The summed E-state index contributed by atoms with van der Waals surface area (Å²) in [5, 5.41) is 0. The number of fused-ring (bicyclic) bond motifs is 3. The van der Waals surface area contributed by atoms with E-state index in [-0.39, 0.29) is 18.1 Å². The first kappa shape index (κ1) is 20.3. The van der Waals surface area contributed by atoms with Crippen molar-refractivity contribution in [3.05, 3.63) is 89.5 Å². The van der Waals surface area contributed by atoms with E-state index < -0.39 is 0 Å². The zero-order valence-electron chi connectivity index (χ0n) is 17.8. The van der Waals surface area contributed by atoms with Crippen molar-refractivity contribution in [1.82, 2.24) is 4.90 Å². The van der Waals surface area contributed by atoms with E-state index >= 15 is 0 Å². The van der Waals surface area contributed by atoms with Crippen molar-refractivity contribution >= 4 is 12.4 Å². The fourth-order valence-corrected chi connectivity index (χ4v) is 4.66. The molecule has 32 heavy (non-hydrogen) atoms. The fourth-order valence-electron chi connectivity index (χ4n) is 4.66. The van der Waals surface area contributed by atoms with Crippen LogP contribution in [0, 0.1) is 0 Å². The molecule has 0 unspecified atom stereocenters. The summed E-state index contributed by atoms with van der Waals surface area (Å²) in [7, 11) is 0. The smallest absolute Gasteiger partial charge is 0.409 e. The molecule has 3 aromatic carbocycles. The van der Waals surface area contributed by atoms with E-state index in [9.17, 15) is 9.59 Å². The second-order valence-corrected chi connectivity index (χ2v) is 8.30. The van der Waals surface area contributed by atoms with Crippen molar-refractivity contribution in [3.63, 3.8) is 0 Å². The van der Waals surface area contributed by atoms with Gasteiger partial charge in [-0.15, -0.1) is 0 Å². The number of rotatable bonds is 5. The number of hydrogen-bond donors (Lipinski definition) is 0. The van der Waals surface area contributed by atoms with Crippen LogP contribution >= 0.6 is 0 Å². The first-order chi connectivity index (χ1) is 15.7. The molecule has 0 bridgehead atoms. The highest BCUT2D eigenvalue weighted by Gasteiger charge is 2.30. The van der Waals surface area contributed by atoms with Gasteiger partial charge in [0.25, 0.3) is 0 Å². The van der Waals surface area contributed by atoms with Crippen LogP contribution in [-0.2, 0) is 4.74 Å². The molecule has 0 radical (unpaired) electrons. The lowest BCUT2D eigenvalue weighted by Gasteiger charge is -2.31. The summed E-state index contributed by atoms with van der Waals surface area (Å²) in [5.41, 5.74) is 5.51. The molecule has 1 saturated heterocycles. The Hall–Kier alpha value is -3.60. The Balaban J connectivity index is 1.16. The van der Waals surface area contributed by atoms with E-state index in [2.05, 4.69) is 24.3 Å². The first-order valence-corrected chi connectivity index (χ1v) is 11.0. The standard InChI is InChI=1S/C27H25NO4/c29-17-19-9-11-20(12-10-19)32-21-13-15-28(16-14-21)27(30)31-18-26-24-7-3-1-5-22(24)23-6-2-4-8-25(23)26/h1-12,17,21,26H,13-16,18H2. The molecule has 0 spiro atoms. The Kier molecular flexibility index (Phi) is 5.63. The average molecular weight is 428 g/mol. The number of benzene rings is 3. The fraction of sp³-hybridized carbons (Fsp3) is 0.259. The highest BCUT2D eigenvalue weighted by atomic mass is 16.6. The molecule has 2 aliphatic rings. The van der Waals surface area contributed by atoms with Gasteiger partial charge in [-0.05, 0) is 46.5 Å². The van der Waals surface area contributed by atoms with Crippen LogP contribution in [0.3, 0.4) is 0 Å². The van der Waals surface area contributed by atoms with Crippen molar-refractivity contribution in [2.24, 2.45) is 0 Å². The lowest BCUT2D eigenvalue weighted by Crippen LogP contribution is -2.42. The monoisotopic (exact) mass is 427 g/mol. The topological polar surface area (TPSA) is 55.8 Å². The zero-order valence-corrected chi connectivity index (χ0v) is 17.8. The molecule has 5 rings (SSSR count). The number of nitrogens with zero attached hydrogens (tertiary/aromatic N) is 1. The molecule has 1 fully saturated rings. The quantitative estimate of drug-likeness (QED) is 0.519. The third-order valence-electron chi connectivity index (χ3n) is 6.36. The molecule has 1 aliphatic carbocycles. The van der Waals surface area contributed by atoms with Crippen molar-refractivity contribution < 1.29 is 19.1 Å². The van der Waals surface area contributed by atoms with E-state index in [0.29, 0.717) is 25.3 Å². The summed E-state index contributed by atoms with van der Waals surface area (Å²) in [5.74, 6) is 0.816. The molecular formula is C27H25NO4. The van der Waals surface area contributed by atoms with Crippen LogP contribution < -0.4 is 4.74 Å². The van der Waals surface area contributed by atoms with E-state index in [0.717, 1.165) is 24.9 Å². The summed E-state index contributed by atoms with van der Waals surface area (Å²) in [6.45, 7) is 1.55. The number of aldehydes is 1. The number of likely N-dealkylation sites (tertiary alicyclic amines) is 1. The minimum atomic E-state index is -0.263. The summed E-state index contributed by atoms with van der Waals surface area (Å²) in [6.07, 6.45) is 2.10. The highest BCUT2D eigenvalue weighted by molar-refractivity contribution is 5.79. The average Bonchev–Trinajstić information content (AvgIpc) is 3.17. The lowest BCUT2D eigenvalue weighted by atomic mass is 9.98. The Morgan fingerprint density at radius 3 is 2.06 bits per heavy atom. The summed E-state index contributed by atoms with van der Waals surface area (Å²) >= 11 is 0. The van der Waals surface area contributed by atoms with Crippen LogP contribution in [0.1, 0.15) is 40.2 Å². The minimum absolute atomic E-state index is 0.0507. The van der Waals surface area contributed by atoms with E-state index in [1.165, 1.54) is 22.3 Å². The Labute approximate surface area is 187 Å². The van der Waals surface area contributed by atoms with Crippen LogP contribution in [0.25, 0.3) is 11.1 Å². The predicted molar refractivity (Wildman–Crippen MR) is 122 cm³/mol. The third kappa shape index (κ3) is 3.98. The molecule has 5 heteroatoms. The van der Waals surface area contributed by atoms with Crippen molar-refractivity contribution in [2.75, 3.05) is 19.7 Å². The second-order valence-electron chi connectivity index (χ2n) is 8.30. The molecule has 0 N–H and O–H groups in total. The number of piperidine rings is 1. The van der Waals surface area contributed by atoms with Gasteiger partial charge in [0.1, 0.15) is 24.7 Å². The number of hydrogen-bond acceptors (Lipinski definition) is 4. The molecule has 0 saturated carbocycles. The Morgan fingerprint density at radius 2 is 1.47 bits per heavy atom. The van der Waals surface area contributed by atoms with Gasteiger partial charge in [0.15, 0.2) is 0 Å². The SMILES string of the molecule is O=Cc1ccc(OC2CCN(C(=O)OCC3c4ccccc4-c4ccccc43)CC2)cc1. The number of carbonyl (C=O) groups is 2. The molecule has 1 aliphatic heterocycles. The molecule has 1 amide bonds. The molecule has 162 valence electrons. The van der Waals surface area contributed by atoms with Gasteiger partial charge in [0.05, 0.1) is 0 Å².